The standard InChI is InChI=1S/C25H34N4O4/c1-15-22(30)21(23(31)27-16(2)24(32)33)28-20(26-15)14-17-10-12-29(13-11-17)19-8-6-18(7-9-19)25(3,4)5/h6-9,16-17,30H,10-14H2,1-5H3,(H,27,31)(H,32,33). The number of carbonyl (C=O) groups excluding carboxylic acids is 1. The molecule has 1 unspecified atom stereocenters. The summed E-state index contributed by atoms with van der Waals surface area (Å²) in [5.74, 6) is -1.34. The number of benzene rings is 1. The fraction of sp³-hybridized carbons (Fsp3) is 0.520. The van der Waals surface area contributed by atoms with Gasteiger partial charge in [0, 0.05) is 25.2 Å². The number of aliphatic carboxylic acids is 1. The molecule has 178 valence electrons. The first-order valence-corrected chi connectivity index (χ1v) is 11.4. The minimum Gasteiger partial charge on any atom is -0.504 e. The van der Waals surface area contributed by atoms with Gasteiger partial charge in [0.2, 0.25) is 0 Å². The lowest BCUT2D eigenvalue weighted by Crippen LogP contribution is -2.39. The second kappa shape index (κ2) is 9.77. The average molecular weight is 455 g/mol. The van der Waals surface area contributed by atoms with E-state index in [1.807, 2.05) is 0 Å². The molecule has 1 fully saturated rings. The van der Waals surface area contributed by atoms with Gasteiger partial charge in [-0.05, 0) is 55.7 Å². The number of carbonyl (C=O) groups is 2. The van der Waals surface area contributed by atoms with Crippen LogP contribution in [0.4, 0.5) is 5.69 Å². The Labute approximate surface area is 195 Å². The molecule has 8 heteroatoms. The number of aryl methyl sites for hydroxylation is 1. The van der Waals surface area contributed by atoms with Crippen molar-refractivity contribution in [3.05, 3.63) is 47.0 Å². The third-order valence-electron chi connectivity index (χ3n) is 6.22. The fourth-order valence-corrected chi connectivity index (χ4v) is 4.03. The highest BCUT2D eigenvalue weighted by molar-refractivity contribution is 5.97. The lowest BCUT2D eigenvalue weighted by Gasteiger charge is -2.34. The van der Waals surface area contributed by atoms with Crippen molar-refractivity contribution in [2.75, 3.05) is 18.0 Å². The van der Waals surface area contributed by atoms with E-state index in [4.69, 9.17) is 5.11 Å². The highest BCUT2D eigenvalue weighted by Gasteiger charge is 2.25. The van der Waals surface area contributed by atoms with Crippen LogP contribution in [0.1, 0.15) is 68.1 Å². The number of carboxylic acid groups (broad SMARTS) is 1. The zero-order valence-corrected chi connectivity index (χ0v) is 20.1. The Morgan fingerprint density at radius 3 is 2.30 bits per heavy atom. The number of aromatic nitrogens is 2. The van der Waals surface area contributed by atoms with Crippen LogP contribution < -0.4 is 10.2 Å². The molecule has 3 N–H and O–H groups in total. The molecule has 1 aromatic carbocycles. The minimum absolute atomic E-state index is 0.134. The quantitative estimate of drug-likeness (QED) is 0.612. The largest absolute Gasteiger partial charge is 0.504 e. The van der Waals surface area contributed by atoms with Gasteiger partial charge in [0.05, 0.1) is 5.69 Å². The molecule has 0 saturated carbocycles. The Balaban J connectivity index is 1.64. The van der Waals surface area contributed by atoms with E-state index in [2.05, 4.69) is 65.2 Å². The predicted molar refractivity (Wildman–Crippen MR) is 127 cm³/mol. The average Bonchev–Trinajstić information content (AvgIpc) is 2.76. The number of aromatic hydroxyl groups is 1. The highest BCUT2D eigenvalue weighted by Crippen LogP contribution is 2.29. The van der Waals surface area contributed by atoms with E-state index >= 15 is 0 Å². The molecule has 1 atom stereocenters. The van der Waals surface area contributed by atoms with Gasteiger partial charge in [-0.1, -0.05) is 32.9 Å². The summed E-state index contributed by atoms with van der Waals surface area (Å²) in [4.78, 5) is 34.5. The summed E-state index contributed by atoms with van der Waals surface area (Å²) in [7, 11) is 0. The van der Waals surface area contributed by atoms with Crippen molar-refractivity contribution in [1.82, 2.24) is 15.3 Å². The van der Waals surface area contributed by atoms with Crippen LogP contribution in [0.25, 0.3) is 0 Å². The van der Waals surface area contributed by atoms with Crippen LogP contribution in [-0.4, -0.2) is 51.2 Å². The predicted octanol–water partition coefficient (Wildman–Crippen LogP) is 3.45. The van der Waals surface area contributed by atoms with E-state index < -0.39 is 17.9 Å². The Morgan fingerprint density at radius 1 is 1.15 bits per heavy atom. The summed E-state index contributed by atoms with van der Waals surface area (Å²) in [6, 6.07) is 7.70. The van der Waals surface area contributed by atoms with Crippen LogP contribution in [0.5, 0.6) is 5.75 Å². The number of amides is 1. The van der Waals surface area contributed by atoms with Gasteiger partial charge in [-0.25, -0.2) is 9.97 Å². The first-order chi connectivity index (χ1) is 15.5. The van der Waals surface area contributed by atoms with E-state index in [1.54, 1.807) is 6.92 Å². The van der Waals surface area contributed by atoms with Crippen LogP contribution in [0, 0.1) is 12.8 Å². The monoisotopic (exact) mass is 454 g/mol. The molecular weight excluding hydrogens is 420 g/mol. The summed E-state index contributed by atoms with van der Waals surface area (Å²) in [5.41, 5.74) is 2.81. The molecule has 0 aliphatic carbocycles. The van der Waals surface area contributed by atoms with Crippen LogP contribution in [0.3, 0.4) is 0 Å². The van der Waals surface area contributed by atoms with Crippen LogP contribution >= 0.6 is 0 Å². The number of rotatable bonds is 6. The number of anilines is 1. The molecule has 0 radical (unpaired) electrons. The first kappa shape index (κ1) is 24.5. The molecule has 2 heterocycles. The lowest BCUT2D eigenvalue weighted by atomic mass is 9.87. The molecule has 2 aromatic rings. The van der Waals surface area contributed by atoms with Crippen molar-refractivity contribution < 1.29 is 19.8 Å². The van der Waals surface area contributed by atoms with Gasteiger partial charge in [-0.3, -0.25) is 9.59 Å². The maximum atomic E-state index is 12.4. The van der Waals surface area contributed by atoms with E-state index in [0.717, 1.165) is 25.9 Å². The summed E-state index contributed by atoms with van der Waals surface area (Å²) >= 11 is 0. The molecule has 1 amide bonds. The maximum absolute atomic E-state index is 12.4. The van der Waals surface area contributed by atoms with Gasteiger partial charge in [-0.2, -0.15) is 0 Å². The number of carboxylic acids is 1. The van der Waals surface area contributed by atoms with E-state index in [9.17, 15) is 14.7 Å². The number of hydrogen-bond donors (Lipinski definition) is 3. The van der Waals surface area contributed by atoms with E-state index in [0.29, 0.717) is 23.9 Å². The Morgan fingerprint density at radius 2 is 1.76 bits per heavy atom. The highest BCUT2D eigenvalue weighted by atomic mass is 16.4. The Bertz CT molecular complexity index is 1010. The van der Waals surface area contributed by atoms with Gasteiger partial charge in [0.25, 0.3) is 5.91 Å². The first-order valence-electron chi connectivity index (χ1n) is 11.4. The van der Waals surface area contributed by atoms with Crippen molar-refractivity contribution in [1.29, 1.82) is 0 Å². The molecular formula is C25H34N4O4. The van der Waals surface area contributed by atoms with Crippen molar-refractivity contribution >= 4 is 17.6 Å². The fourth-order valence-electron chi connectivity index (χ4n) is 4.03. The Hall–Kier alpha value is -3.16. The Kier molecular flexibility index (Phi) is 7.25. The molecule has 33 heavy (non-hydrogen) atoms. The molecule has 1 aromatic heterocycles. The zero-order valence-electron chi connectivity index (χ0n) is 20.1. The zero-order chi connectivity index (χ0) is 24.3. The van der Waals surface area contributed by atoms with Crippen molar-refractivity contribution in [3.63, 3.8) is 0 Å². The normalized spacial score (nSPS) is 15.8. The number of hydrogen-bond acceptors (Lipinski definition) is 6. The molecule has 0 bridgehead atoms. The topological polar surface area (TPSA) is 116 Å². The summed E-state index contributed by atoms with van der Waals surface area (Å²) in [6.07, 6.45) is 2.55. The third kappa shape index (κ3) is 6.00. The second-order valence-electron chi connectivity index (χ2n) is 9.89. The van der Waals surface area contributed by atoms with Crippen LogP contribution in [0.15, 0.2) is 24.3 Å². The SMILES string of the molecule is Cc1nc(CC2CCN(c3ccc(C(C)(C)C)cc3)CC2)nc(C(=O)NC(C)C(=O)O)c1O. The van der Waals surface area contributed by atoms with Gasteiger partial charge < -0.3 is 20.4 Å². The summed E-state index contributed by atoms with van der Waals surface area (Å²) in [5, 5.41) is 21.6. The van der Waals surface area contributed by atoms with Gasteiger partial charge >= 0.3 is 5.97 Å². The van der Waals surface area contributed by atoms with Crippen molar-refractivity contribution in [3.8, 4) is 5.75 Å². The van der Waals surface area contributed by atoms with Gasteiger partial charge in [0.15, 0.2) is 11.4 Å². The van der Waals surface area contributed by atoms with Crippen molar-refractivity contribution in [2.24, 2.45) is 5.92 Å². The molecule has 8 nitrogen and oxygen atoms in total. The molecule has 1 aliphatic heterocycles. The number of nitrogens with zero attached hydrogens (tertiary/aromatic N) is 3. The van der Waals surface area contributed by atoms with E-state index in [1.165, 1.54) is 18.2 Å². The summed E-state index contributed by atoms with van der Waals surface area (Å²) in [6.45, 7) is 11.5. The number of nitrogens with one attached hydrogen (secondary N) is 1. The van der Waals surface area contributed by atoms with Crippen LogP contribution in [-0.2, 0) is 16.6 Å². The summed E-state index contributed by atoms with van der Waals surface area (Å²) < 4.78 is 0. The van der Waals surface area contributed by atoms with Crippen molar-refractivity contribution in [2.45, 2.75) is 65.3 Å². The lowest BCUT2D eigenvalue weighted by molar-refractivity contribution is -0.138. The van der Waals surface area contributed by atoms with Gasteiger partial charge in [0.1, 0.15) is 11.9 Å². The second-order valence-corrected chi connectivity index (χ2v) is 9.89. The van der Waals surface area contributed by atoms with E-state index in [-0.39, 0.29) is 16.9 Å². The minimum atomic E-state index is -1.16. The third-order valence-corrected chi connectivity index (χ3v) is 6.22. The van der Waals surface area contributed by atoms with Crippen LogP contribution in [0.2, 0.25) is 0 Å². The number of piperidine rings is 1. The smallest absolute Gasteiger partial charge is 0.325 e. The molecule has 3 rings (SSSR count). The molecule has 1 aliphatic rings. The molecule has 0 spiro atoms. The maximum Gasteiger partial charge on any atom is 0.325 e. The van der Waals surface area contributed by atoms with Gasteiger partial charge in [-0.15, -0.1) is 0 Å². The molecule has 1 saturated heterocycles.